The highest BCUT2D eigenvalue weighted by atomic mass is 32.1. The minimum absolute atomic E-state index is 0.0224. The van der Waals surface area contributed by atoms with Crippen molar-refractivity contribution in [2.45, 2.75) is 45.2 Å². The molecule has 2 aromatic rings. The maximum Gasteiger partial charge on any atom is 0.249 e. The molecule has 0 aliphatic carbocycles. The van der Waals surface area contributed by atoms with Crippen LogP contribution in [0.15, 0.2) is 17.8 Å². The Morgan fingerprint density at radius 3 is 2.70 bits per heavy atom. The number of nitrogens with zero attached hydrogens (tertiary/aromatic N) is 5. The van der Waals surface area contributed by atoms with Gasteiger partial charge in [-0.1, -0.05) is 6.92 Å². The van der Waals surface area contributed by atoms with Crippen molar-refractivity contribution in [3.05, 3.63) is 28.6 Å². The van der Waals surface area contributed by atoms with E-state index >= 15 is 0 Å². The van der Waals surface area contributed by atoms with Gasteiger partial charge in [0.15, 0.2) is 5.82 Å². The van der Waals surface area contributed by atoms with E-state index in [1.165, 1.54) is 17.6 Å². The van der Waals surface area contributed by atoms with Gasteiger partial charge in [-0.15, -0.1) is 11.3 Å². The second-order valence-electron chi connectivity index (χ2n) is 6.65. The molecule has 0 radical (unpaired) electrons. The summed E-state index contributed by atoms with van der Waals surface area (Å²) in [4.78, 5) is 29.6. The molecule has 2 atom stereocenters. The minimum Gasteiger partial charge on any atom is -0.340 e. The van der Waals surface area contributed by atoms with E-state index in [1.54, 1.807) is 29.7 Å². The van der Waals surface area contributed by atoms with Crippen LogP contribution in [-0.2, 0) is 4.79 Å². The number of fused-ring (bicyclic) bond motifs is 1. The molecule has 1 aliphatic rings. The van der Waals surface area contributed by atoms with E-state index in [1.807, 2.05) is 25.7 Å². The van der Waals surface area contributed by atoms with Gasteiger partial charge in [0.05, 0.1) is 17.8 Å². The van der Waals surface area contributed by atoms with Crippen LogP contribution < -0.4 is 9.80 Å². The van der Waals surface area contributed by atoms with Crippen LogP contribution in [0.2, 0.25) is 0 Å². The van der Waals surface area contributed by atoms with Gasteiger partial charge in [-0.05, 0) is 20.3 Å². The highest BCUT2D eigenvalue weighted by Crippen LogP contribution is 2.36. The maximum atomic E-state index is 12.7. The molecule has 27 heavy (non-hydrogen) atoms. The van der Waals surface area contributed by atoms with Crippen LogP contribution in [-0.4, -0.2) is 51.9 Å². The van der Waals surface area contributed by atoms with Gasteiger partial charge in [-0.25, -0.2) is 15.0 Å². The molecule has 3 rings (SSSR count). The summed E-state index contributed by atoms with van der Waals surface area (Å²) in [5.41, 5.74) is 0.843. The maximum absolute atomic E-state index is 12.7. The van der Waals surface area contributed by atoms with E-state index in [2.05, 4.69) is 9.97 Å². The van der Waals surface area contributed by atoms with Gasteiger partial charge < -0.3 is 20.6 Å². The van der Waals surface area contributed by atoms with Crippen molar-refractivity contribution >= 4 is 40.7 Å². The molecule has 2 aromatic heterocycles. The highest BCUT2D eigenvalue weighted by molar-refractivity contribution is 7.11. The van der Waals surface area contributed by atoms with Crippen molar-refractivity contribution in [3.63, 3.8) is 0 Å². The summed E-state index contributed by atoms with van der Waals surface area (Å²) in [6.45, 7) is 6.04. The number of carbonyl (C=O) groups is 1. The third-order valence-electron chi connectivity index (χ3n) is 4.69. The van der Waals surface area contributed by atoms with Gasteiger partial charge in [0, 0.05) is 30.9 Å². The molecule has 3 heterocycles. The summed E-state index contributed by atoms with van der Waals surface area (Å²) in [6, 6.07) is -0.215. The molecular weight excluding hydrogens is 362 g/mol. The molecule has 2 N–H and O–H groups in total. The zero-order valence-electron chi connectivity index (χ0n) is 15.8. The predicted octanol–water partition coefficient (Wildman–Crippen LogP) is 2.70. The normalized spacial score (nSPS) is 17.8. The summed E-state index contributed by atoms with van der Waals surface area (Å²) >= 11 is 1.35. The van der Waals surface area contributed by atoms with Crippen molar-refractivity contribution in [1.82, 2.24) is 15.0 Å². The molecule has 142 valence electrons. The zero-order valence-corrected chi connectivity index (χ0v) is 16.6. The lowest BCUT2D eigenvalue weighted by Gasteiger charge is -2.42. The van der Waals surface area contributed by atoms with Crippen molar-refractivity contribution < 1.29 is 4.79 Å². The average Bonchev–Trinajstić information content (AvgIpc) is 3.19. The zero-order chi connectivity index (χ0) is 19.7. The van der Waals surface area contributed by atoms with Crippen LogP contribution in [0.1, 0.15) is 43.9 Å². The first-order chi connectivity index (χ1) is 12.9. The Bertz CT molecular complexity index is 865. The van der Waals surface area contributed by atoms with Crippen LogP contribution in [0.4, 0.5) is 11.5 Å². The topological polar surface area (TPSA) is 110 Å². The largest absolute Gasteiger partial charge is 0.340 e. The number of carbonyl (C=O) groups excluding carboxylic acids is 1. The Balaban J connectivity index is 2.09. The van der Waals surface area contributed by atoms with E-state index in [9.17, 15) is 4.79 Å². The molecule has 0 saturated carbocycles. The summed E-state index contributed by atoms with van der Waals surface area (Å²) in [6.07, 6.45) is 5.09. The lowest BCUT2D eigenvalue weighted by molar-refractivity contribution is -0.120. The van der Waals surface area contributed by atoms with Gasteiger partial charge in [-0.2, -0.15) is 0 Å². The van der Waals surface area contributed by atoms with Crippen LogP contribution in [0.5, 0.6) is 0 Å². The van der Waals surface area contributed by atoms with Gasteiger partial charge in [0.25, 0.3) is 0 Å². The number of likely N-dealkylation sites (N-methyl/N-ethyl adjacent to an activating group) is 1. The van der Waals surface area contributed by atoms with E-state index in [0.717, 1.165) is 0 Å². The Morgan fingerprint density at radius 2 is 2.15 bits per heavy atom. The molecule has 2 unspecified atom stereocenters. The molecule has 1 amide bonds. The molecule has 8 nitrogen and oxygen atoms in total. The standard InChI is InChI=1S/C18H23N7OS/c1-5-12-18(26)24(4)13-9-22-15(23-16(13)25(12)10(2)3)11(8-19)14(20)17-21-6-7-27-17/h6-12,19-20H,5H2,1-4H3. The Kier molecular flexibility index (Phi) is 5.31. The molecule has 0 saturated heterocycles. The minimum atomic E-state index is -0.682. The fourth-order valence-electron chi connectivity index (χ4n) is 3.32. The average molecular weight is 385 g/mol. The predicted molar refractivity (Wildman–Crippen MR) is 108 cm³/mol. The summed E-state index contributed by atoms with van der Waals surface area (Å²) in [7, 11) is 1.73. The van der Waals surface area contributed by atoms with Gasteiger partial charge in [-0.3, -0.25) is 4.79 Å². The summed E-state index contributed by atoms with van der Waals surface area (Å²) in [5.74, 6) is 0.377. The number of thiazole rings is 1. The second-order valence-corrected chi connectivity index (χ2v) is 7.55. The fourth-order valence-corrected chi connectivity index (χ4v) is 3.94. The van der Waals surface area contributed by atoms with Crippen LogP contribution in [0, 0.1) is 10.8 Å². The van der Waals surface area contributed by atoms with Crippen LogP contribution >= 0.6 is 11.3 Å². The third-order valence-corrected chi connectivity index (χ3v) is 5.49. The first-order valence-electron chi connectivity index (χ1n) is 8.82. The summed E-state index contributed by atoms with van der Waals surface area (Å²) in [5, 5.41) is 18.6. The number of aromatic nitrogens is 3. The lowest BCUT2D eigenvalue weighted by atomic mass is 10.0. The van der Waals surface area contributed by atoms with E-state index in [-0.39, 0.29) is 23.7 Å². The second kappa shape index (κ2) is 7.51. The molecule has 0 bridgehead atoms. The van der Waals surface area contributed by atoms with Crippen molar-refractivity contribution in [2.24, 2.45) is 0 Å². The number of anilines is 2. The van der Waals surface area contributed by atoms with Gasteiger partial charge in [0.1, 0.15) is 22.6 Å². The number of hydrogen-bond acceptors (Lipinski definition) is 8. The first-order valence-corrected chi connectivity index (χ1v) is 9.70. The van der Waals surface area contributed by atoms with Crippen LogP contribution in [0.25, 0.3) is 0 Å². The van der Waals surface area contributed by atoms with Gasteiger partial charge >= 0.3 is 0 Å². The Hall–Kier alpha value is -2.68. The molecule has 0 fully saturated rings. The third kappa shape index (κ3) is 3.23. The van der Waals surface area contributed by atoms with Crippen molar-refractivity contribution in [2.75, 3.05) is 16.8 Å². The van der Waals surface area contributed by atoms with Crippen molar-refractivity contribution in [1.29, 1.82) is 10.8 Å². The smallest absolute Gasteiger partial charge is 0.249 e. The first kappa shape index (κ1) is 19.1. The molecule has 9 heteroatoms. The van der Waals surface area contributed by atoms with Gasteiger partial charge in [0.2, 0.25) is 5.91 Å². The lowest BCUT2D eigenvalue weighted by Crippen LogP contribution is -2.55. The Morgan fingerprint density at radius 1 is 1.41 bits per heavy atom. The number of rotatable bonds is 6. The number of amides is 1. The van der Waals surface area contributed by atoms with E-state index in [0.29, 0.717) is 28.8 Å². The molecular formula is C18H23N7OS. The van der Waals surface area contributed by atoms with Crippen molar-refractivity contribution in [3.8, 4) is 0 Å². The van der Waals surface area contributed by atoms with Crippen LogP contribution in [0.3, 0.4) is 0 Å². The quantitative estimate of drug-likeness (QED) is 0.743. The highest BCUT2D eigenvalue weighted by Gasteiger charge is 2.38. The molecule has 0 aromatic carbocycles. The molecule has 1 aliphatic heterocycles. The fraction of sp³-hybridized carbons (Fsp3) is 0.444. The Labute approximate surface area is 162 Å². The van der Waals surface area contributed by atoms with E-state index < -0.39 is 5.92 Å². The van der Waals surface area contributed by atoms with E-state index in [4.69, 9.17) is 15.8 Å². The molecule has 0 spiro atoms. The SMILES string of the molecule is CCC1C(=O)N(C)c2cnc(C(C=N)C(=N)c3nccs3)nc2N1C(C)C. The number of nitrogens with one attached hydrogen (secondary N) is 2. The summed E-state index contributed by atoms with van der Waals surface area (Å²) < 4.78 is 0. The monoisotopic (exact) mass is 385 g/mol. The number of hydrogen-bond donors (Lipinski definition) is 2.